The average molecular weight is 259 g/mol. The number of ether oxygens (including phenoxy) is 1. The topological polar surface area (TPSA) is 52.3 Å². The first-order valence-corrected chi connectivity index (χ1v) is 6.32. The Hall–Kier alpha value is -1.87. The Bertz CT molecular complexity index is 451. The van der Waals surface area contributed by atoms with Gasteiger partial charge in [0.15, 0.2) is 0 Å². The molecule has 19 heavy (non-hydrogen) atoms. The van der Waals surface area contributed by atoms with Crippen molar-refractivity contribution in [2.75, 3.05) is 7.11 Å². The fourth-order valence-corrected chi connectivity index (χ4v) is 1.75. The number of methoxy groups -OCH3 is 1. The van der Waals surface area contributed by atoms with Gasteiger partial charge in [-0.05, 0) is 25.3 Å². The normalized spacial score (nSPS) is 14.7. The van der Waals surface area contributed by atoms with Gasteiger partial charge in [0, 0.05) is 0 Å². The zero-order valence-electron chi connectivity index (χ0n) is 11.5. The number of allylic oxidation sites excluding steroid dienone is 1. The van der Waals surface area contributed by atoms with Gasteiger partial charge < -0.3 is 10.5 Å². The number of rotatable bonds is 6. The summed E-state index contributed by atoms with van der Waals surface area (Å²) in [6, 6.07) is 9.90. The molecule has 1 atom stereocenters. The maximum Gasteiger partial charge on any atom is 0.326 e. The molecule has 0 aliphatic rings. The van der Waals surface area contributed by atoms with Gasteiger partial charge >= 0.3 is 5.97 Å². The lowest BCUT2D eigenvalue weighted by Crippen LogP contribution is -2.47. The zero-order chi connectivity index (χ0) is 14.1. The quantitative estimate of drug-likeness (QED) is 0.631. The van der Waals surface area contributed by atoms with E-state index in [0.717, 1.165) is 5.56 Å². The molecule has 0 unspecified atom stereocenters. The number of esters is 1. The van der Waals surface area contributed by atoms with Crippen LogP contribution in [0.2, 0.25) is 0 Å². The first kappa shape index (κ1) is 15.2. The molecule has 0 bridgehead atoms. The molecule has 0 amide bonds. The lowest BCUT2D eigenvalue weighted by atomic mass is 9.91. The second-order valence-electron chi connectivity index (χ2n) is 4.44. The molecule has 102 valence electrons. The highest BCUT2D eigenvalue weighted by Crippen LogP contribution is 2.17. The van der Waals surface area contributed by atoms with Crippen LogP contribution < -0.4 is 5.73 Å². The van der Waals surface area contributed by atoms with E-state index in [1.807, 2.05) is 61.6 Å². The minimum Gasteiger partial charge on any atom is -0.468 e. The van der Waals surface area contributed by atoms with Crippen LogP contribution in [-0.4, -0.2) is 18.6 Å². The summed E-state index contributed by atoms with van der Waals surface area (Å²) in [7, 11) is 1.36. The largest absolute Gasteiger partial charge is 0.468 e. The van der Waals surface area contributed by atoms with Crippen LogP contribution >= 0.6 is 0 Å². The third-order valence-corrected chi connectivity index (χ3v) is 2.90. The second-order valence-corrected chi connectivity index (χ2v) is 4.44. The summed E-state index contributed by atoms with van der Waals surface area (Å²) < 4.78 is 4.78. The fraction of sp³-hybridized carbons (Fsp3) is 0.312. The molecule has 2 N–H and O–H groups in total. The molecule has 0 saturated heterocycles. The number of benzene rings is 1. The molecule has 0 heterocycles. The van der Waals surface area contributed by atoms with E-state index in [9.17, 15) is 4.79 Å². The molecule has 0 spiro atoms. The highest BCUT2D eigenvalue weighted by molar-refractivity contribution is 5.81. The molecule has 3 heteroatoms. The van der Waals surface area contributed by atoms with Crippen LogP contribution in [-0.2, 0) is 9.53 Å². The third kappa shape index (κ3) is 4.72. The molecular weight excluding hydrogens is 238 g/mol. The van der Waals surface area contributed by atoms with E-state index >= 15 is 0 Å². The van der Waals surface area contributed by atoms with Gasteiger partial charge in [-0.25, -0.2) is 0 Å². The van der Waals surface area contributed by atoms with Crippen LogP contribution in [0.15, 0.2) is 48.6 Å². The van der Waals surface area contributed by atoms with Gasteiger partial charge in [0.1, 0.15) is 5.54 Å². The minimum atomic E-state index is -0.994. The number of hydrogen-bond acceptors (Lipinski definition) is 3. The van der Waals surface area contributed by atoms with Crippen LogP contribution in [0.1, 0.15) is 25.3 Å². The lowest BCUT2D eigenvalue weighted by molar-refractivity contribution is -0.146. The van der Waals surface area contributed by atoms with E-state index < -0.39 is 5.54 Å². The molecule has 0 radical (unpaired) electrons. The Labute approximate surface area is 114 Å². The van der Waals surface area contributed by atoms with E-state index in [1.165, 1.54) is 7.11 Å². The molecule has 3 nitrogen and oxygen atoms in total. The summed E-state index contributed by atoms with van der Waals surface area (Å²) in [4.78, 5) is 11.8. The Morgan fingerprint density at radius 2 is 1.89 bits per heavy atom. The Kier molecular flexibility index (Phi) is 6.03. The highest BCUT2D eigenvalue weighted by Gasteiger charge is 2.32. The van der Waals surface area contributed by atoms with Gasteiger partial charge in [-0.15, -0.1) is 0 Å². The van der Waals surface area contributed by atoms with Gasteiger partial charge in [0.25, 0.3) is 0 Å². The van der Waals surface area contributed by atoms with Crippen molar-refractivity contribution in [3.8, 4) is 0 Å². The molecule has 0 saturated carbocycles. The number of carbonyl (C=O) groups is 1. The molecule has 0 aliphatic heterocycles. The van der Waals surface area contributed by atoms with Crippen molar-refractivity contribution in [2.24, 2.45) is 5.73 Å². The summed E-state index contributed by atoms with van der Waals surface area (Å²) in [6.45, 7) is 1.90. The van der Waals surface area contributed by atoms with Crippen molar-refractivity contribution in [3.05, 3.63) is 54.1 Å². The lowest BCUT2D eigenvalue weighted by Gasteiger charge is -2.23. The maximum absolute atomic E-state index is 11.8. The number of nitrogens with two attached hydrogens (primary N) is 1. The molecular formula is C16H21NO2. The van der Waals surface area contributed by atoms with Gasteiger partial charge in [0.05, 0.1) is 7.11 Å². The van der Waals surface area contributed by atoms with E-state index in [0.29, 0.717) is 12.8 Å². The van der Waals surface area contributed by atoms with Crippen molar-refractivity contribution < 1.29 is 9.53 Å². The number of hydrogen-bond donors (Lipinski definition) is 1. The maximum atomic E-state index is 11.8. The van der Waals surface area contributed by atoms with E-state index in [2.05, 4.69) is 0 Å². The van der Waals surface area contributed by atoms with Crippen molar-refractivity contribution in [2.45, 2.75) is 25.3 Å². The van der Waals surface area contributed by atoms with Gasteiger partial charge in [0.2, 0.25) is 0 Å². The van der Waals surface area contributed by atoms with Gasteiger partial charge in [-0.2, -0.15) is 0 Å². The Balaban J connectivity index is 2.73. The smallest absolute Gasteiger partial charge is 0.326 e. The van der Waals surface area contributed by atoms with Crippen LogP contribution in [0.25, 0.3) is 6.08 Å². The van der Waals surface area contributed by atoms with Crippen molar-refractivity contribution >= 4 is 12.0 Å². The Morgan fingerprint density at radius 1 is 1.26 bits per heavy atom. The summed E-state index contributed by atoms with van der Waals surface area (Å²) in [6.07, 6.45) is 8.54. The first-order valence-electron chi connectivity index (χ1n) is 6.32. The van der Waals surface area contributed by atoms with Gasteiger partial charge in [-0.1, -0.05) is 54.6 Å². The van der Waals surface area contributed by atoms with E-state index in [1.54, 1.807) is 0 Å². The van der Waals surface area contributed by atoms with Crippen LogP contribution in [0.3, 0.4) is 0 Å². The van der Waals surface area contributed by atoms with Crippen molar-refractivity contribution in [1.29, 1.82) is 0 Å². The number of carbonyl (C=O) groups excluding carboxylic acids is 1. The zero-order valence-corrected chi connectivity index (χ0v) is 11.5. The molecule has 0 fully saturated rings. The standard InChI is InChI=1S/C16H21NO2/c1-3-4-12-16(17,15(18)19-2)13-8-11-14-9-6-5-7-10-14/h3-11H,12-13,17H2,1-2H3/b4-3+,11-8+/t16-/m1/s1. The third-order valence-electron chi connectivity index (χ3n) is 2.90. The fourth-order valence-electron chi connectivity index (χ4n) is 1.75. The second kappa shape index (κ2) is 7.54. The van der Waals surface area contributed by atoms with E-state index in [-0.39, 0.29) is 5.97 Å². The van der Waals surface area contributed by atoms with Crippen LogP contribution in [0.5, 0.6) is 0 Å². The molecule has 1 aromatic rings. The summed E-state index contributed by atoms with van der Waals surface area (Å²) in [5, 5.41) is 0. The summed E-state index contributed by atoms with van der Waals surface area (Å²) >= 11 is 0. The van der Waals surface area contributed by atoms with E-state index in [4.69, 9.17) is 10.5 Å². The summed E-state index contributed by atoms with van der Waals surface area (Å²) in [5.41, 5.74) is 6.22. The first-order chi connectivity index (χ1) is 9.12. The minimum absolute atomic E-state index is 0.386. The molecule has 0 aromatic heterocycles. The predicted octanol–water partition coefficient (Wildman–Crippen LogP) is 2.93. The summed E-state index contributed by atoms with van der Waals surface area (Å²) in [5.74, 6) is -0.386. The van der Waals surface area contributed by atoms with Crippen molar-refractivity contribution in [3.63, 3.8) is 0 Å². The molecule has 1 aromatic carbocycles. The predicted molar refractivity (Wildman–Crippen MR) is 78.5 cm³/mol. The molecule has 1 rings (SSSR count). The average Bonchev–Trinajstić information content (AvgIpc) is 2.45. The highest BCUT2D eigenvalue weighted by atomic mass is 16.5. The SMILES string of the molecule is C/C=C/C[C@@](N)(C/C=C/c1ccccc1)C(=O)OC. The monoisotopic (exact) mass is 259 g/mol. The van der Waals surface area contributed by atoms with Crippen molar-refractivity contribution in [1.82, 2.24) is 0 Å². The van der Waals surface area contributed by atoms with Crippen LogP contribution in [0.4, 0.5) is 0 Å². The van der Waals surface area contributed by atoms with Gasteiger partial charge in [-0.3, -0.25) is 4.79 Å². The molecule has 0 aliphatic carbocycles. The Morgan fingerprint density at radius 3 is 2.47 bits per heavy atom. The van der Waals surface area contributed by atoms with Crippen LogP contribution in [0, 0.1) is 0 Å².